The van der Waals surface area contributed by atoms with Gasteiger partial charge in [-0.25, -0.2) is 4.79 Å². The van der Waals surface area contributed by atoms with Crippen molar-refractivity contribution in [2.75, 3.05) is 13.1 Å². The monoisotopic (exact) mass is 313 g/mol. The third kappa shape index (κ3) is 3.44. The van der Waals surface area contributed by atoms with Gasteiger partial charge in [0.2, 0.25) is 0 Å². The summed E-state index contributed by atoms with van der Waals surface area (Å²) in [6, 6.07) is 10.5. The molecule has 23 heavy (non-hydrogen) atoms. The van der Waals surface area contributed by atoms with E-state index in [1.807, 2.05) is 12.1 Å². The molecule has 1 aromatic carbocycles. The number of aromatic carboxylic acids is 1. The Hall–Kier alpha value is -2.56. The highest BCUT2D eigenvalue weighted by atomic mass is 16.4. The van der Waals surface area contributed by atoms with Crippen LogP contribution in [0.15, 0.2) is 47.1 Å². The summed E-state index contributed by atoms with van der Waals surface area (Å²) in [5.74, 6) is -0.179. The molecule has 1 aliphatic rings. The van der Waals surface area contributed by atoms with Crippen molar-refractivity contribution in [1.82, 2.24) is 4.90 Å². The zero-order valence-corrected chi connectivity index (χ0v) is 12.8. The molecule has 1 N–H and O–H groups in total. The van der Waals surface area contributed by atoms with Gasteiger partial charge in [-0.05, 0) is 48.9 Å². The van der Waals surface area contributed by atoms with Gasteiger partial charge in [0.1, 0.15) is 0 Å². The molecule has 5 heteroatoms. The fourth-order valence-electron chi connectivity index (χ4n) is 3.11. The van der Waals surface area contributed by atoms with Gasteiger partial charge in [-0.1, -0.05) is 18.2 Å². The maximum absolute atomic E-state index is 12.2. The normalized spacial score (nSPS) is 15.6. The number of carboxylic acids is 1. The maximum atomic E-state index is 12.2. The van der Waals surface area contributed by atoms with Crippen molar-refractivity contribution in [3.8, 4) is 0 Å². The lowest BCUT2D eigenvalue weighted by Crippen LogP contribution is -2.38. The van der Waals surface area contributed by atoms with E-state index in [4.69, 9.17) is 4.42 Å². The Balaban J connectivity index is 1.60. The van der Waals surface area contributed by atoms with Gasteiger partial charge in [0, 0.05) is 13.1 Å². The second kappa shape index (κ2) is 6.69. The zero-order valence-electron chi connectivity index (χ0n) is 12.8. The van der Waals surface area contributed by atoms with Crippen LogP contribution in [0.5, 0.6) is 0 Å². The molecule has 0 spiro atoms. The van der Waals surface area contributed by atoms with Crippen LogP contribution in [0.3, 0.4) is 0 Å². The SMILES string of the molecule is O=C(O)c1ccccc1CC1CCN(C(=O)c2ccco2)CC1. The minimum atomic E-state index is -0.883. The van der Waals surface area contributed by atoms with E-state index in [-0.39, 0.29) is 5.91 Å². The number of likely N-dealkylation sites (tertiary alicyclic amines) is 1. The Bertz CT molecular complexity index is 685. The number of piperidine rings is 1. The van der Waals surface area contributed by atoms with Crippen LogP contribution >= 0.6 is 0 Å². The Kier molecular flexibility index (Phi) is 4.46. The molecule has 0 saturated carbocycles. The van der Waals surface area contributed by atoms with E-state index in [0.717, 1.165) is 24.8 Å². The second-order valence-electron chi connectivity index (χ2n) is 5.88. The molecule has 0 unspecified atom stereocenters. The van der Waals surface area contributed by atoms with E-state index in [1.165, 1.54) is 6.26 Å². The molecule has 3 rings (SSSR count). The van der Waals surface area contributed by atoms with Crippen molar-refractivity contribution in [2.45, 2.75) is 19.3 Å². The largest absolute Gasteiger partial charge is 0.478 e. The molecule has 120 valence electrons. The summed E-state index contributed by atoms with van der Waals surface area (Å²) in [5.41, 5.74) is 1.25. The topological polar surface area (TPSA) is 70.8 Å². The molecule has 0 bridgehead atoms. The fourth-order valence-corrected chi connectivity index (χ4v) is 3.11. The molecular weight excluding hydrogens is 294 g/mol. The first kappa shape index (κ1) is 15.3. The average molecular weight is 313 g/mol. The molecular formula is C18H19NO4. The number of amides is 1. The van der Waals surface area contributed by atoms with Crippen LogP contribution in [0.25, 0.3) is 0 Å². The summed E-state index contributed by atoms with van der Waals surface area (Å²) in [7, 11) is 0. The van der Waals surface area contributed by atoms with Gasteiger partial charge in [-0.2, -0.15) is 0 Å². The third-order valence-electron chi connectivity index (χ3n) is 4.39. The zero-order chi connectivity index (χ0) is 16.2. The maximum Gasteiger partial charge on any atom is 0.335 e. The number of rotatable bonds is 4. The molecule has 1 saturated heterocycles. The predicted molar refractivity (Wildman–Crippen MR) is 84.4 cm³/mol. The Morgan fingerprint density at radius 1 is 1.13 bits per heavy atom. The number of hydrogen-bond donors (Lipinski definition) is 1. The molecule has 0 atom stereocenters. The summed E-state index contributed by atoms with van der Waals surface area (Å²) in [4.78, 5) is 25.3. The minimum Gasteiger partial charge on any atom is -0.478 e. The van der Waals surface area contributed by atoms with Crippen LogP contribution in [0.1, 0.15) is 39.3 Å². The highest BCUT2D eigenvalue weighted by molar-refractivity contribution is 5.91. The van der Waals surface area contributed by atoms with Gasteiger partial charge < -0.3 is 14.4 Å². The highest BCUT2D eigenvalue weighted by Crippen LogP contribution is 2.24. The number of furan rings is 1. The van der Waals surface area contributed by atoms with Crippen LogP contribution in [0.4, 0.5) is 0 Å². The highest BCUT2D eigenvalue weighted by Gasteiger charge is 2.25. The van der Waals surface area contributed by atoms with E-state index >= 15 is 0 Å². The van der Waals surface area contributed by atoms with Crippen LogP contribution in [-0.4, -0.2) is 35.0 Å². The Labute approximate surface area is 134 Å². The van der Waals surface area contributed by atoms with Crippen molar-refractivity contribution in [3.05, 3.63) is 59.5 Å². The van der Waals surface area contributed by atoms with Crippen molar-refractivity contribution in [3.63, 3.8) is 0 Å². The first-order valence-corrected chi connectivity index (χ1v) is 7.79. The van der Waals surface area contributed by atoms with Crippen LogP contribution in [-0.2, 0) is 6.42 Å². The van der Waals surface area contributed by atoms with Gasteiger partial charge in [-0.3, -0.25) is 4.79 Å². The van der Waals surface area contributed by atoms with Gasteiger partial charge in [-0.15, -0.1) is 0 Å². The first-order chi connectivity index (χ1) is 11.1. The van der Waals surface area contributed by atoms with Gasteiger partial charge in [0.05, 0.1) is 11.8 Å². The second-order valence-corrected chi connectivity index (χ2v) is 5.88. The van der Waals surface area contributed by atoms with Gasteiger partial charge in [0.25, 0.3) is 5.91 Å². The number of carbonyl (C=O) groups excluding carboxylic acids is 1. The molecule has 2 heterocycles. The first-order valence-electron chi connectivity index (χ1n) is 7.79. The number of carbonyl (C=O) groups is 2. The van der Waals surface area contributed by atoms with Gasteiger partial charge >= 0.3 is 5.97 Å². The lowest BCUT2D eigenvalue weighted by molar-refractivity contribution is 0.0658. The van der Waals surface area contributed by atoms with Crippen molar-refractivity contribution < 1.29 is 19.1 Å². The van der Waals surface area contributed by atoms with Crippen LogP contribution < -0.4 is 0 Å². The smallest absolute Gasteiger partial charge is 0.335 e. The van der Waals surface area contributed by atoms with Crippen LogP contribution in [0.2, 0.25) is 0 Å². The summed E-state index contributed by atoms with van der Waals surface area (Å²) < 4.78 is 5.16. The third-order valence-corrected chi connectivity index (χ3v) is 4.39. The predicted octanol–water partition coefficient (Wildman–Crippen LogP) is 3.07. The molecule has 2 aromatic rings. The van der Waals surface area contributed by atoms with E-state index in [1.54, 1.807) is 29.2 Å². The number of nitrogens with zero attached hydrogens (tertiary/aromatic N) is 1. The molecule has 1 fully saturated rings. The van der Waals surface area contributed by atoms with E-state index in [2.05, 4.69) is 0 Å². The summed E-state index contributed by atoms with van der Waals surface area (Å²) in [6.07, 6.45) is 3.99. The Morgan fingerprint density at radius 2 is 1.87 bits per heavy atom. The van der Waals surface area contributed by atoms with Crippen molar-refractivity contribution in [2.24, 2.45) is 5.92 Å². The fraction of sp³-hybridized carbons (Fsp3) is 0.333. The number of carboxylic acid groups (broad SMARTS) is 1. The van der Waals surface area contributed by atoms with Crippen molar-refractivity contribution in [1.29, 1.82) is 0 Å². The molecule has 5 nitrogen and oxygen atoms in total. The summed E-state index contributed by atoms with van der Waals surface area (Å²) >= 11 is 0. The molecule has 1 amide bonds. The lowest BCUT2D eigenvalue weighted by atomic mass is 9.88. The van der Waals surface area contributed by atoms with Crippen LogP contribution in [0, 0.1) is 5.92 Å². The molecule has 1 aromatic heterocycles. The van der Waals surface area contributed by atoms with E-state index in [9.17, 15) is 14.7 Å². The average Bonchev–Trinajstić information content (AvgIpc) is 3.10. The molecule has 0 radical (unpaired) electrons. The van der Waals surface area contributed by atoms with E-state index < -0.39 is 5.97 Å². The standard InChI is InChI=1S/C18H19NO4/c20-17(16-6-3-11-23-16)19-9-7-13(8-10-19)12-14-4-1-2-5-15(14)18(21)22/h1-6,11,13H,7-10,12H2,(H,21,22). The van der Waals surface area contributed by atoms with Gasteiger partial charge in [0.15, 0.2) is 5.76 Å². The van der Waals surface area contributed by atoms with Crippen molar-refractivity contribution >= 4 is 11.9 Å². The quantitative estimate of drug-likeness (QED) is 0.941. The number of benzene rings is 1. The summed E-state index contributed by atoms with van der Waals surface area (Å²) in [6.45, 7) is 1.36. The summed E-state index contributed by atoms with van der Waals surface area (Å²) in [5, 5.41) is 9.25. The lowest BCUT2D eigenvalue weighted by Gasteiger charge is -2.31. The Morgan fingerprint density at radius 3 is 2.52 bits per heavy atom. The molecule has 1 aliphatic heterocycles. The number of hydrogen-bond acceptors (Lipinski definition) is 3. The minimum absolute atomic E-state index is 0.0700. The van der Waals surface area contributed by atoms with E-state index in [0.29, 0.717) is 30.3 Å². The molecule has 0 aliphatic carbocycles.